The van der Waals surface area contributed by atoms with Gasteiger partial charge < -0.3 is 0 Å². The topological polar surface area (TPSA) is 0 Å². The van der Waals surface area contributed by atoms with Gasteiger partial charge in [-0.25, -0.2) is 0 Å². The van der Waals surface area contributed by atoms with Gasteiger partial charge in [-0.3, -0.25) is 0 Å². The average Bonchev–Trinajstić information content (AvgIpc) is 2.87. The molecule has 0 radical (unpaired) electrons. The number of fused-ring (bicyclic) bond motifs is 6. The van der Waals surface area contributed by atoms with E-state index in [1.807, 2.05) is 0 Å². The molecule has 2 aromatic rings. The van der Waals surface area contributed by atoms with Gasteiger partial charge in [-0.05, 0) is 28.3 Å². The zero-order valence-corrected chi connectivity index (χ0v) is 8.48. The lowest BCUT2D eigenvalue weighted by atomic mass is 9.93. The molecule has 72 valence electrons. The fourth-order valence-corrected chi connectivity index (χ4v) is 3.08. The third kappa shape index (κ3) is 0.918. The fourth-order valence-electron chi connectivity index (χ4n) is 3.08. The molecular formula is C15H12. The first-order chi connectivity index (χ1) is 7.42. The van der Waals surface area contributed by atoms with Crippen LogP contribution in [0.1, 0.15) is 29.4 Å². The van der Waals surface area contributed by atoms with Crippen molar-refractivity contribution in [1.82, 2.24) is 0 Å². The van der Waals surface area contributed by atoms with Gasteiger partial charge in [-0.1, -0.05) is 48.6 Å². The Labute approximate surface area is 89.2 Å². The highest BCUT2D eigenvalue weighted by molar-refractivity contribution is 5.85. The summed E-state index contributed by atoms with van der Waals surface area (Å²) in [6, 6.07) is 13.4. The van der Waals surface area contributed by atoms with Crippen molar-refractivity contribution < 1.29 is 0 Å². The Morgan fingerprint density at radius 1 is 0.800 bits per heavy atom. The van der Waals surface area contributed by atoms with Gasteiger partial charge in [0.15, 0.2) is 0 Å². The van der Waals surface area contributed by atoms with Crippen LogP contribution in [-0.2, 0) is 0 Å². The zero-order chi connectivity index (χ0) is 9.83. The predicted molar refractivity (Wildman–Crippen MR) is 63.2 cm³/mol. The van der Waals surface area contributed by atoms with Crippen LogP contribution in [0.15, 0.2) is 48.6 Å². The van der Waals surface area contributed by atoms with E-state index in [1.54, 1.807) is 11.1 Å². The minimum atomic E-state index is 0.703. The van der Waals surface area contributed by atoms with Gasteiger partial charge >= 0.3 is 0 Å². The van der Waals surface area contributed by atoms with E-state index in [9.17, 15) is 0 Å². The molecule has 0 spiro atoms. The van der Waals surface area contributed by atoms with E-state index >= 15 is 0 Å². The number of hydrogen-bond donors (Lipinski definition) is 0. The van der Waals surface area contributed by atoms with Gasteiger partial charge in [0.2, 0.25) is 0 Å². The van der Waals surface area contributed by atoms with Crippen molar-refractivity contribution in [3.63, 3.8) is 0 Å². The van der Waals surface area contributed by atoms with Crippen LogP contribution >= 0.6 is 0 Å². The van der Waals surface area contributed by atoms with Gasteiger partial charge in [0.25, 0.3) is 0 Å². The maximum atomic E-state index is 2.39. The Hall–Kier alpha value is -1.56. The molecule has 0 N–H and O–H groups in total. The monoisotopic (exact) mass is 192 g/mol. The Balaban J connectivity index is 2.09. The molecule has 2 unspecified atom stereocenters. The standard InChI is InChI=1S/C15H12/c1-2-4-11-9-15-13-6-5-12(7-13)14(15)8-10(11)3-1/h1-6,8-9,12-13H,7H2. The molecule has 0 heteroatoms. The van der Waals surface area contributed by atoms with Gasteiger partial charge in [0, 0.05) is 11.8 Å². The second-order valence-corrected chi connectivity index (χ2v) is 4.66. The predicted octanol–water partition coefficient (Wildman–Crippen LogP) is 3.98. The summed E-state index contributed by atoms with van der Waals surface area (Å²) in [6.07, 6.45) is 6.06. The number of hydrogen-bond acceptors (Lipinski definition) is 0. The summed E-state index contributed by atoms with van der Waals surface area (Å²) in [7, 11) is 0. The third-order valence-corrected chi connectivity index (χ3v) is 3.83. The molecular weight excluding hydrogens is 180 g/mol. The highest BCUT2D eigenvalue weighted by atomic mass is 14.4. The van der Waals surface area contributed by atoms with E-state index in [-0.39, 0.29) is 0 Å². The fraction of sp³-hybridized carbons (Fsp3) is 0.200. The summed E-state index contributed by atoms with van der Waals surface area (Å²) in [6.45, 7) is 0. The van der Waals surface area contributed by atoms with Crippen molar-refractivity contribution in [2.75, 3.05) is 0 Å². The lowest BCUT2D eigenvalue weighted by molar-refractivity contribution is 0.805. The molecule has 0 aromatic heterocycles. The largest absolute Gasteiger partial charge is 0.0804 e. The molecule has 15 heavy (non-hydrogen) atoms. The summed E-state index contributed by atoms with van der Waals surface area (Å²) >= 11 is 0. The highest BCUT2D eigenvalue weighted by Crippen LogP contribution is 2.49. The molecule has 2 atom stereocenters. The summed E-state index contributed by atoms with van der Waals surface area (Å²) < 4.78 is 0. The van der Waals surface area contributed by atoms with Crippen molar-refractivity contribution in [3.05, 3.63) is 59.7 Å². The smallest absolute Gasteiger partial charge is 0.00301 e. The Morgan fingerprint density at radius 2 is 1.33 bits per heavy atom. The molecule has 0 saturated carbocycles. The molecule has 2 aliphatic rings. The van der Waals surface area contributed by atoms with E-state index in [2.05, 4.69) is 48.6 Å². The zero-order valence-electron chi connectivity index (χ0n) is 8.48. The van der Waals surface area contributed by atoms with E-state index < -0.39 is 0 Å². The Bertz CT molecular complexity index is 527. The first-order valence-electron chi connectivity index (χ1n) is 5.63. The molecule has 2 aliphatic carbocycles. The minimum Gasteiger partial charge on any atom is -0.0804 e. The Kier molecular flexibility index (Phi) is 1.29. The van der Waals surface area contributed by atoms with E-state index in [0.29, 0.717) is 11.8 Å². The molecule has 0 aliphatic heterocycles. The van der Waals surface area contributed by atoms with Crippen molar-refractivity contribution in [2.24, 2.45) is 0 Å². The number of allylic oxidation sites excluding steroid dienone is 2. The van der Waals surface area contributed by atoms with Crippen LogP contribution in [0.5, 0.6) is 0 Å². The van der Waals surface area contributed by atoms with E-state index in [1.165, 1.54) is 17.2 Å². The molecule has 4 rings (SSSR count). The van der Waals surface area contributed by atoms with Gasteiger partial charge in [-0.2, -0.15) is 0 Å². The Morgan fingerprint density at radius 3 is 1.87 bits per heavy atom. The molecule has 0 heterocycles. The molecule has 2 bridgehead atoms. The van der Waals surface area contributed by atoms with Gasteiger partial charge in [-0.15, -0.1) is 0 Å². The second-order valence-electron chi connectivity index (χ2n) is 4.66. The maximum Gasteiger partial charge on any atom is 0.00301 e. The lowest BCUT2D eigenvalue weighted by Crippen LogP contribution is -1.92. The molecule has 0 fully saturated rings. The van der Waals surface area contributed by atoms with Crippen molar-refractivity contribution in [3.8, 4) is 0 Å². The average molecular weight is 192 g/mol. The van der Waals surface area contributed by atoms with Crippen LogP contribution in [0, 0.1) is 0 Å². The lowest BCUT2D eigenvalue weighted by Gasteiger charge is -2.11. The highest BCUT2D eigenvalue weighted by Gasteiger charge is 2.32. The third-order valence-electron chi connectivity index (χ3n) is 3.83. The maximum absolute atomic E-state index is 2.39. The van der Waals surface area contributed by atoms with Crippen molar-refractivity contribution in [2.45, 2.75) is 18.3 Å². The minimum absolute atomic E-state index is 0.703. The summed E-state index contributed by atoms with van der Waals surface area (Å²) in [4.78, 5) is 0. The number of rotatable bonds is 0. The summed E-state index contributed by atoms with van der Waals surface area (Å²) in [5.41, 5.74) is 3.14. The van der Waals surface area contributed by atoms with Crippen LogP contribution in [-0.4, -0.2) is 0 Å². The molecule has 0 saturated heterocycles. The summed E-state index contributed by atoms with van der Waals surface area (Å²) in [5.74, 6) is 1.41. The molecule has 2 aromatic carbocycles. The first kappa shape index (κ1) is 7.70. The van der Waals surface area contributed by atoms with Gasteiger partial charge in [0.05, 0.1) is 0 Å². The molecule has 0 nitrogen and oxygen atoms in total. The van der Waals surface area contributed by atoms with Crippen molar-refractivity contribution in [1.29, 1.82) is 0 Å². The van der Waals surface area contributed by atoms with Gasteiger partial charge in [0.1, 0.15) is 0 Å². The van der Waals surface area contributed by atoms with Crippen LogP contribution in [0.3, 0.4) is 0 Å². The van der Waals surface area contributed by atoms with Crippen LogP contribution in [0.4, 0.5) is 0 Å². The van der Waals surface area contributed by atoms with Crippen molar-refractivity contribution >= 4 is 10.8 Å². The molecule has 0 amide bonds. The van der Waals surface area contributed by atoms with E-state index in [4.69, 9.17) is 0 Å². The van der Waals surface area contributed by atoms with Crippen LogP contribution < -0.4 is 0 Å². The van der Waals surface area contributed by atoms with E-state index in [0.717, 1.165) is 0 Å². The first-order valence-corrected chi connectivity index (χ1v) is 5.63. The summed E-state index contributed by atoms with van der Waals surface area (Å²) in [5, 5.41) is 2.77. The normalized spacial score (nSPS) is 26.1. The second kappa shape index (κ2) is 2.52. The SMILES string of the molecule is C1=CC2CC1c1cc3ccccc3cc12. The van der Waals surface area contributed by atoms with Crippen LogP contribution in [0.25, 0.3) is 10.8 Å². The number of benzene rings is 2. The quantitative estimate of drug-likeness (QED) is 0.554. The van der Waals surface area contributed by atoms with Crippen LogP contribution in [0.2, 0.25) is 0 Å².